The molecule has 1 amide bonds. The van der Waals surface area contributed by atoms with Crippen molar-refractivity contribution in [2.75, 3.05) is 12.4 Å². The predicted octanol–water partition coefficient (Wildman–Crippen LogP) is 5.03. The van der Waals surface area contributed by atoms with Crippen LogP contribution in [0.5, 0.6) is 11.8 Å². The third kappa shape index (κ3) is 9.52. The second-order valence-corrected chi connectivity index (χ2v) is 13.3. The van der Waals surface area contributed by atoms with E-state index in [2.05, 4.69) is 51.9 Å². The number of rotatable bonds is 4. The summed E-state index contributed by atoms with van der Waals surface area (Å²) in [5.74, 6) is -0.610. The zero-order valence-electron chi connectivity index (χ0n) is 19.0. The van der Waals surface area contributed by atoms with Gasteiger partial charge >= 0.3 is 48.4 Å². The number of hydrogen-bond donors (Lipinski definition) is 1. The summed E-state index contributed by atoms with van der Waals surface area (Å²) in [4.78, 5) is 41.1. The summed E-state index contributed by atoms with van der Waals surface area (Å²) in [7, 11) is 11.1. The van der Waals surface area contributed by atoms with Gasteiger partial charge in [-0.2, -0.15) is 0 Å². The van der Waals surface area contributed by atoms with Crippen LogP contribution in [0.15, 0.2) is 33.5 Å². The van der Waals surface area contributed by atoms with Gasteiger partial charge in [0, 0.05) is 6.07 Å². The van der Waals surface area contributed by atoms with E-state index in [1.165, 1.54) is 33.1 Å². The first kappa shape index (κ1) is 31.6. The number of aromatic nitrogens is 2. The van der Waals surface area contributed by atoms with Crippen LogP contribution in [-0.2, 0) is 14.3 Å². The Morgan fingerprint density at radius 3 is 2.29 bits per heavy atom. The Balaban J connectivity index is 0.000000321. The van der Waals surface area contributed by atoms with Crippen LogP contribution in [0, 0.1) is 10.1 Å². The molecule has 1 aliphatic rings. The summed E-state index contributed by atoms with van der Waals surface area (Å²) in [5, 5.41) is 13.5. The van der Waals surface area contributed by atoms with Gasteiger partial charge in [0.2, 0.25) is 11.5 Å². The van der Waals surface area contributed by atoms with Crippen LogP contribution in [0.25, 0.3) is 0 Å². The van der Waals surface area contributed by atoms with Crippen molar-refractivity contribution in [2.24, 2.45) is 0 Å². The Bertz CT molecular complexity index is 1090. The molecule has 0 spiro atoms. The van der Waals surface area contributed by atoms with Gasteiger partial charge in [-0.15, -0.1) is 0 Å². The first-order chi connectivity index (χ1) is 16.2. The molecule has 1 aliphatic heterocycles. The molecule has 0 saturated carbocycles. The fourth-order valence-electron chi connectivity index (χ4n) is 2.31. The van der Waals surface area contributed by atoms with Crippen molar-refractivity contribution in [3.05, 3.63) is 43.6 Å². The quantitative estimate of drug-likeness (QED) is 0.149. The van der Waals surface area contributed by atoms with Gasteiger partial charge in [-0.3, -0.25) is 14.9 Å². The van der Waals surface area contributed by atoms with Crippen LogP contribution in [0.3, 0.4) is 0 Å². The van der Waals surface area contributed by atoms with Crippen LogP contribution < -0.4 is 14.8 Å². The van der Waals surface area contributed by atoms with Crippen molar-refractivity contribution in [1.29, 1.82) is 0 Å². The van der Waals surface area contributed by atoms with Crippen molar-refractivity contribution in [2.45, 2.75) is 38.9 Å². The van der Waals surface area contributed by atoms with E-state index in [-0.39, 0.29) is 17.5 Å². The molecule has 0 saturated heterocycles. The first-order valence-corrected chi connectivity index (χ1v) is 18.2. The van der Waals surface area contributed by atoms with Crippen molar-refractivity contribution in [3.8, 4) is 11.8 Å². The van der Waals surface area contributed by atoms with Gasteiger partial charge in [0.05, 0.1) is 12.0 Å². The number of carbonyl (C=O) groups is 2. The molecule has 16 heteroatoms. The van der Waals surface area contributed by atoms with E-state index in [0.29, 0.717) is 20.8 Å². The zero-order chi connectivity index (χ0) is 27.0. The number of amides is 1. The van der Waals surface area contributed by atoms with Gasteiger partial charge in [0.25, 0.3) is 11.8 Å². The van der Waals surface area contributed by atoms with E-state index in [9.17, 15) is 19.7 Å². The van der Waals surface area contributed by atoms with Gasteiger partial charge in [-0.05, 0) is 77.8 Å². The van der Waals surface area contributed by atoms with Crippen LogP contribution >= 0.6 is 49.7 Å². The van der Waals surface area contributed by atoms with Gasteiger partial charge in [-0.25, -0.2) is 14.8 Å². The van der Waals surface area contributed by atoms with Gasteiger partial charge in [-0.1, -0.05) is 0 Å². The molecule has 2 aromatic rings. The molecular weight excluding hydrogens is 746 g/mol. The number of fused-ring (bicyclic) bond motifs is 1. The standard InChI is InChI=1S/C10H11BrN2O5.C9H9BrN2O2.2ClH.Sn/c1-10(2,9(14)17-3)18-8-6(13(15)16)4-5-7(11)12-8;1-9(2)8(13)11-5-3-4-6(10)12-7(5)14-9;;;/h4-5H,1-3H3;3-4H,1-2H3,(H,11,13);2*1H;/q;;;;+2/p-2. The number of carbonyl (C=O) groups excluding carboxylic acids is 2. The molecule has 0 bridgehead atoms. The average Bonchev–Trinajstić information content (AvgIpc) is 2.74. The third-order valence-corrected chi connectivity index (χ3v) is 4.89. The summed E-state index contributed by atoms with van der Waals surface area (Å²) in [6.45, 7) is 6.28. The SMILES string of the molecule is CC1(C)Oc2nc(Br)ccc2NC1=O.COC(=O)C(C)(C)Oc1nc(Br)ccc1[N+](=O)[O-].[Cl][Sn][Cl]. The molecule has 1 N–H and O–H groups in total. The summed E-state index contributed by atoms with van der Waals surface area (Å²) >= 11 is 5.49. The van der Waals surface area contributed by atoms with Crippen molar-refractivity contribution >= 4 is 91.8 Å². The first-order valence-electron chi connectivity index (χ1n) is 9.40. The molecule has 3 rings (SSSR count). The van der Waals surface area contributed by atoms with E-state index in [1.807, 2.05) is 0 Å². The molecule has 11 nitrogen and oxygen atoms in total. The number of ether oxygens (including phenoxy) is 3. The molecule has 0 aliphatic carbocycles. The van der Waals surface area contributed by atoms with E-state index in [4.69, 9.17) is 27.3 Å². The maximum absolute atomic E-state index is 11.5. The fraction of sp³-hybridized carbons (Fsp3) is 0.368. The monoisotopic (exact) mass is 764 g/mol. The van der Waals surface area contributed by atoms with Crippen LogP contribution in [-0.4, -0.2) is 64.0 Å². The van der Waals surface area contributed by atoms with E-state index >= 15 is 0 Å². The second kappa shape index (κ2) is 13.8. The summed E-state index contributed by atoms with van der Waals surface area (Å²) < 4.78 is 16.3. The molecule has 3 heterocycles. The number of esters is 1. The number of anilines is 1. The molecule has 0 fully saturated rings. The minimum atomic E-state index is -1.37. The molecule has 190 valence electrons. The number of nitrogens with zero attached hydrogens (tertiary/aromatic N) is 3. The normalized spacial score (nSPS) is 13.3. The van der Waals surface area contributed by atoms with Gasteiger partial charge in [0.15, 0.2) is 5.60 Å². The van der Waals surface area contributed by atoms with Crippen LogP contribution in [0.4, 0.5) is 11.4 Å². The minimum absolute atomic E-state index is 0.158. The number of pyridine rings is 2. The second-order valence-electron chi connectivity index (χ2n) is 7.44. The maximum atomic E-state index is 11.5. The van der Waals surface area contributed by atoms with Crippen LogP contribution in [0.2, 0.25) is 0 Å². The molecular formula is C19H20Br2Cl2N4O7Sn. The number of nitro groups is 1. The topological polar surface area (TPSA) is 143 Å². The number of nitrogens with one attached hydrogen (secondary N) is 1. The predicted molar refractivity (Wildman–Crippen MR) is 138 cm³/mol. The molecule has 0 atom stereocenters. The molecule has 2 radical (unpaired) electrons. The van der Waals surface area contributed by atoms with Gasteiger partial charge in [0.1, 0.15) is 14.9 Å². The Morgan fingerprint density at radius 1 is 1.20 bits per heavy atom. The molecule has 0 unspecified atom stereocenters. The number of methoxy groups -OCH3 is 1. The third-order valence-electron chi connectivity index (χ3n) is 4.00. The van der Waals surface area contributed by atoms with Crippen molar-refractivity contribution in [3.63, 3.8) is 0 Å². The fourth-order valence-corrected chi connectivity index (χ4v) is 2.89. The van der Waals surface area contributed by atoms with Crippen molar-refractivity contribution < 1.29 is 28.7 Å². The Kier molecular flexibility index (Phi) is 12.4. The van der Waals surface area contributed by atoms with Crippen LogP contribution in [0.1, 0.15) is 27.7 Å². The average molecular weight is 766 g/mol. The summed E-state index contributed by atoms with van der Waals surface area (Å²) in [6.07, 6.45) is 0. The van der Waals surface area contributed by atoms with Crippen molar-refractivity contribution in [1.82, 2.24) is 9.97 Å². The van der Waals surface area contributed by atoms with Gasteiger partial charge < -0.3 is 19.5 Å². The summed E-state index contributed by atoms with van der Waals surface area (Å²) in [5.41, 5.74) is -1.94. The number of halogens is 4. The molecule has 35 heavy (non-hydrogen) atoms. The Hall–Kier alpha value is -1.42. The Labute approximate surface area is 235 Å². The summed E-state index contributed by atoms with van der Waals surface area (Å²) in [6, 6.07) is 6.15. The zero-order valence-corrected chi connectivity index (χ0v) is 26.6. The van der Waals surface area contributed by atoms with E-state index in [1.54, 1.807) is 26.0 Å². The molecule has 2 aromatic heterocycles. The van der Waals surface area contributed by atoms with E-state index in [0.717, 1.165) is 0 Å². The Morgan fingerprint density at radius 2 is 1.74 bits per heavy atom. The molecule has 0 aromatic carbocycles. The number of hydrogen-bond acceptors (Lipinski definition) is 9. The van der Waals surface area contributed by atoms with E-state index < -0.39 is 41.0 Å².